The van der Waals surface area contributed by atoms with Gasteiger partial charge in [0, 0.05) is 0 Å². The molecular formula is C6H13NO2. The fourth-order valence-electron chi connectivity index (χ4n) is 0.609. The summed E-state index contributed by atoms with van der Waals surface area (Å²) in [4.78, 5) is 10.1. The average molecular weight is 132 g/mol. The standard InChI is InChI=1S/C6H13NO2/c1-4(2)3-5(7)6(8)9/h4-5H,3,7H2,1-2H3,(H,8,9)/i7+1. The quantitative estimate of drug-likeness (QED) is 0.548. The van der Waals surface area contributed by atoms with Crippen molar-refractivity contribution in [1.29, 1.82) is 0 Å². The molecule has 0 aliphatic rings. The van der Waals surface area contributed by atoms with Crippen LogP contribution < -0.4 is 5.73 Å². The summed E-state index contributed by atoms with van der Waals surface area (Å²) in [5, 5.41) is 8.31. The lowest BCUT2D eigenvalue weighted by Crippen LogP contribution is -2.31. The number of carboxylic acid groups (broad SMARTS) is 1. The molecule has 0 fully saturated rings. The molecule has 0 saturated carbocycles. The minimum Gasteiger partial charge on any atom is -0.480 e. The highest BCUT2D eigenvalue weighted by atomic mass is 16.4. The first kappa shape index (κ1) is 8.43. The van der Waals surface area contributed by atoms with E-state index in [2.05, 4.69) is 0 Å². The molecule has 3 heteroatoms. The van der Waals surface area contributed by atoms with Gasteiger partial charge < -0.3 is 10.8 Å². The molecule has 3 N–H and O–H groups in total. The minimum absolute atomic E-state index is 0.357. The number of rotatable bonds is 3. The molecule has 0 rings (SSSR count). The second-order valence-electron chi connectivity index (χ2n) is 2.57. The number of hydrogen-bond acceptors (Lipinski definition) is 2. The van der Waals surface area contributed by atoms with Crippen molar-refractivity contribution in [2.24, 2.45) is 11.7 Å². The van der Waals surface area contributed by atoms with Gasteiger partial charge >= 0.3 is 5.97 Å². The smallest absolute Gasteiger partial charge is 0.320 e. The molecule has 0 aliphatic heterocycles. The van der Waals surface area contributed by atoms with Crippen molar-refractivity contribution in [3.8, 4) is 0 Å². The summed E-state index contributed by atoms with van der Waals surface area (Å²) in [6, 6.07) is -0.690. The Labute approximate surface area is 54.9 Å². The maximum atomic E-state index is 10.1. The van der Waals surface area contributed by atoms with Gasteiger partial charge in [-0.05, 0) is 12.3 Å². The average Bonchev–Trinajstić information content (AvgIpc) is 1.63. The Morgan fingerprint density at radius 2 is 2.11 bits per heavy atom. The van der Waals surface area contributed by atoms with Crippen molar-refractivity contribution in [3.05, 3.63) is 0 Å². The summed E-state index contributed by atoms with van der Waals surface area (Å²) in [5.41, 5.74) is 5.22. The van der Waals surface area contributed by atoms with E-state index in [1.807, 2.05) is 13.8 Å². The number of aliphatic carboxylic acids is 1. The first-order valence-corrected chi connectivity index (χ1v) is 3.02. The second kappa shape index (κ2) is 3.45. The van der Waals surface area contributed by atoms with Crippen LogP contribution in [0.4, 0.5) is 0 Å². The molecule has 1 unspecified atom stereocenters. The molecule has 0 saturated heterocycles. The topological polar surface area (TPSA) is 63.3 Å². The Kier molecular flexibility index (Phi) is 3.24. The van der Waals surface area contributed by atoms with E-state index >= 15 is 0 Å². The fraction of sp³-hybridized carbons (Fsp3) is 0.833. The van der Waals surface area contributed by atoms with E-state index < -0.39 is 12.0 Å². The van der Waals surface area contributed by atoms with E-state index in [1.165, 1.54) is 0 Å². The number of nitrogens with two attached hydrogens (primary N) is 1. The number of hydrogen-bond donors (Lipinski definition) is 2. The highest BCUT2D eigenvalue weighted by Crippen LogP contribution is 2.01. The summed E-state index contributed by atoms with van der Waals surface area (Å²) in [5.74, 6) is -0.556. The zero-order chi connectivity index (χ0) is 7.44. The largest absolute Gasteiger partial charge is 0.480 e. The van der Waals surface area contributed by atoms with Crippen LogP contribution in [0.5, 0.6) is 0 Å². The second-order valence-corrected chi connectivity index (χ2v) is 2.57. The van der Waals surface area contributed by atoms with Crippen LogP contribution in [0.15, 0.2) is 0 Å². The van der Waals surface area contributed by atoms with Crippen LogP contribution in [0.2, 0.25) is 0 Å². The Morgan fingerprint density at radius 3 is 2.22 bits per heavy atom. The predicted octanol–water partition coefficient (Wildman–Crippen LogP) is 0.444. The fourth-order valence-corrected chi connectivity index (χ4v) is 0.609. The molecule has 0 aromatic heterocycles. The van der Waals surface area contributed by atoms with E-state index in [-0.39, 0.29) is 0 Å². The maximum Gasteiger partial charge on any atom is 0.320 e. The highest BCUT2D eigenvalue weighted by molar-refractivity contribution is 5.72. The van der Waals surface area contributed by atoms with Gasteiger partial charge in [-0.25, -0.2) is 0 Å². The lowest BCUT2D eigenvalue weighted by atomic mass is 10.1. The molecule has 9 heavy (non-hydrogen) atoms. The molecule has 1 atom stereocenters. The van der Waals surface area contributed by atoms with Crippen molar-refractivity contribution in [2.45, 2.75) is 26.3 Å². The third kappa shape index (κ3) is 3.97. The van der Waals surface area contributed by atoms with Crippen molar-refractivity contribution in [2.75, 3.05) is 0 Å². The van der Waals surface area contributed by atoms with Crippen LogP contribution in [0.1, 0.15) is 20.3 Å². The lowest BCUT2D eigenvalue weighted by molar-refractivity contribution is -0.138. The first-order chi connectivity index (χ1) is 4.04. The first-order valence-electron chi connectivity index (χ1n) is 3.02. The number of carboxylic acids is 1. The summed E-state index contributed by atoms with van der Waals surface area (Å²) in [7, 11) is 0. The van der Waals surface area contributed by atoms with Crippen LogP contribution in [-0.2, 0) is 4.79 Å². The van der Waals surface area contributed by atoms with E-state index in [1.54, 1.807) is 0 Å². The van der Waals surface area contributed by atoms with Gasteiger partial charge in [0.25, 0.3) is 0 Å². The van der Waals surface area contributed by atoms with Crippen LogP contribution in [0, 0.1) is 5.92 Å². The van der Waals surface area contributed by atoms with Crippen LogP contribution in [-0.4, -0.2) is 17.1 Å². The van der Waals surface area contributed by atoms with Crippen molar-refractivity contribution in [1.82, 2.24) is 0 Å². The molecule has 0 spiro atoms. The van der Waals surface area contributed by atoms with E-state index in [4.69, 9.17) is 10.8 Å². The van der Waals surface area contributed by atoms with Gasteiger partial charge in [-0.15, -0.1) is 0 Å². The lowest BCUT2D eigenvalue weighted by Gasteiger charge is -2.07. The van der Waals surface area contributed by atoms with Crippen molar-refractivity contribution >= 4 is 5.97 Å². The van der Waals surface area contributed by atoms with E-state index in [9.17, 15) is 4.79 Å². The van der Waals surface area contributed by atoms with Gasteiger partial charge in [-0.2, -0.15) is 0 Å². The Balaban J connectivity index is 3.50. The molecule has 0 aromatic rings. The van der Waals surface area contributed by atoms with Gasteiger partial charge in [0.05, 0.1) is 0 Å². The van der Waals surface area contributed by atoms with Crippen LogP contribution >= 0.6 is 0 Å². The summed E-state index contributed by atoms with van der Waals surface area (Å²) in [6.45, 7) is 3.89. The molecule has 0 radical (unpaired) electrons. The molecular weight excluding hydrogens is 119 g/mol. The SMILES string of the molecule is CC(C)CC([15NH2])C(=O)O. The van der Waals surface area contributed by atoms with Gasteiger partial charge in [0.2, 0.25) is 0 Å². The third-order valence-electron chi connectivity index (χ3n) is 1.04. The predicted molar refractivity (Wildman–Crippen MR) is 35.1 cm³/mol. The van der Waals surface area contributed by atoms with E-state index in [0.717, 1.165) is 0 Å². The van der Waals surface area contributed by atoms with Crippen LogP contribution in [0.25, 0.3) is 0 Å². The zero-order valence-electron chi connectivity index (χ0n) is 5.79. The maximum absolute atomic E-state index is 10.1. The van der Waals surface area contributed by atoms with E-state index in [0.29, 0.717) is 12.3 Å². The Hall–Kier alpha value is -0.570. The molecule has 0 aliphatic carbocycles. The minimum atomic E-state index is -0.913. The molecule has 0 heterocycles. The molecule has 0 amide bonds. The molecule has 54 valence electrons. The molecule has 0 bridgehead atoms. The summed E-state index contributed by atoms with van der Waals surface area (Å²) >= 11 is 0. The van der Waals surface area contributed by atoms with Gasteiger partial charge in [-0.1, -0.05) is 13.8 Å². The van der Waals surface area contributed by atoms with Gasteiger partial charge in [-0.3, -0.25) is 4.79 Å². The van der Waals surface area contributed by atoms with Crippen molar-refractivity contribution < 1.29 is 9.90 Å². The van der Waals surface area contributed by atoms with Gasteiger partial charge in [0.1, 0.15) is 6.04 Å². The van der Waals surface area contributed by atoms with Gasteiger partial charge in [0.15, 0.2) is 0 Å². The highest BCUT2D eigenvalue weighted by Gasteiger charge is 2.11. The summed E-state index contributed by atoms with van der Waals surface area (Å²) in [6.07, 6.45) is 0.551. The van der Waals surface area contributed by atoms with Crippen LogP contribution in [0.3, 0.4) is 0 Å². The molecule has 3 nitrogen and oxygen atoms in total. The summed E-state index contributed by atoms with van der Waals surface area (Å²) < 4.78 is 0. The zero-order valence-corrected chi connectivity index (χ0v) is 5.79. The van der Waals surface area contributed by atoms with Crippen molar-refractivity contribution in [3.63, 3.8) is 0 Å². The number of carbonyl (C=O) groups is 1. The molecule has 0 aromatic carbocycles. The Morgan fingerprint density at radius 1 is 1.67 bits per heavy atom. The third-order valence-corrected chi connectivity index (χ3v) is 1.04. The Bertz CT molecular complexity index is 101. The monoisotopic (exact) mass is 132 g/mol. The normalized spacial score (nSPS) is 13.8.